The summed E-state index contributed by atoms with van der Waals surface area (Å²) in [5.74, 6) is -0.235. The Hall–Kier alpha value is -2.46. The van der Waals surface area contributed by atoms with E-state index in [-0.39, 0.29) is 17.3 Å². The minimum absolute atomic E-state index is 0.0569. The minimum Gasteiger partial charge on any atom is -0.387 e. The molecule has 9 heteroatoms. The number of morpholine rings is 1. The minimum atomic E-state index is -3.78. The first-order chi connectivity index (χ1) is 13.8. The molecular weight excluding hydrogens is 394 g/mol. The Morgan fingerprint density at radius 3 is 2.31 bits per heavy atom. The second-order valence-electron chi connectivity index (χ2n) is 6.76. The largest absolute Gasteiger partial charge is 0.387 e. The first-order valence-electron chi connectivity index (χ1n) is 9.33. The van der Waals surface area contributed by atoms with E-state index in [1.54, 1.807) is 12.1 Å². The van der Waals surface area contributed by atoms with Gasteiger partial charge in [0.25, 0.3) is 0 Å². The molecule has 1 heterocycles. The zero-order valence-corrected chi connectivity index (χ0v) is 17.0. The number of carbonyl (C=O) groups excluding carboxylic acids is 1. The van der Waals surface area contributed by atoms with Gasteiger partial charge in [0.2, 0.25) is 15.9 Å². The maximum Gasteiger partial charge on any atom is 0.240 e. The van der Waals surface area contributed by atoms with Crippen molar-refractivity contribution in [3.8, 4) is 0 Å². The number of anilines is 2. The summed E-state index contributed by atoms with van der Waals surface area (Å²) in [4.78, 5) is 13.3. The molecule has 29 heavy (non-hydrogen) atoms. The van der Waals surface area contributed by atoms with E-state index in [0.717, 1.165) is 18.8 Å². The number of amides is 1. The summed E-state index contributed by atoms with van der Waals surface area (Å²) in [6, 6.07) is 13.2. The van der Waals surface area contributed by atoms with Crippen molar-refractivity contribution >= 4 is 27.3 Å². The van der Waals surface area contributed by atoms with Crippen LogP contribution in [0.1, 0.15) is 18.6 Å². The molecule has 2 aromatic rings. The number of aliphatic hydroxyl groups excluding tert-OH is 1. The summed E-state index contributed by atoms with van der Waals surface area (Å²) in [6.45, 7) is 4.26. The molecule has 1 aliphatic rings. The molecule has 1 fully saturated rings. The highest BCUT2D eigenvalue weighted by Crippen LogP contribution is 2.21. The number of nitrogens with zero attached hydrogens (tertiary/aromatic N) is 1. The summed E-state index contributed by atoms with van der Waals surface area (Å²) >= 11 is 0. The van der Waals surface area contributed by atoms with Crippen LogP contribution in [0.3, 0.4) is 0 Å². The molecule has 1 atom stereocenters. The van der Waals surface area contributed by atoms with Gasteiger partial charge in [-0.15, -0.1) is 0 Å². The van der Waals surface area contributed by atoms with Crippen LogP contribution in [0.2, 0.25) is 0 Å². The van der Waals surface area contributed by atoms with E-state index in [0.29, 0.717) is 24.5 Å². The van der Waals surface area contributed by atoms with Crippen molar-refractivity contribution in [3.05, 3.63) is 54.1 Å². The molecule has 8 nitrogen and oxygen atoms in total. The molecule has 0 spiro atoms. The van der Waals surface area contributed by atoms with Crippen LogP contribution in [0.5, 0.6) is 0 Å². The fourth-order valence-corrected chi connectivity index (χ4v) is 4.08. The van der Waals surface area contributed by atoms with E-state index in [2.05, 4.69) is 14.9 Å². The highest BCUT2D eigenvalue weighted by Gasteiger charge is 2.17. The summed E-state index contributed by atoms with van der Waals surface area (Å²) in [5, 5.41) is 12.9. The third-order valence-corrected chi connectivity index (χ3v) is 6.05. The molecule has 1 unspecified atom stereocenters. The lowest BCUT2D eigenvalue weighted by molar-refractivity contribution is -0.114. The molecule has 2 aromatic carbocycles. The SMILES string of the molecule is CC(=O)Nc1ccc(S(=O)(=O)NCC(O)c2ccc(N3CCOCC3)cc2)cc1. The first kappa shape index (κ1) is 21.3. The van der Waals surface area contributed by atoms with Crippen molar-refractivity contribution in [2.75, 3.05) is 43.1 Å². The van der Waals surface area contributed by atoms with E-state index in [1.165, 1.54) is 31.2 Å². The van der Waals surface area contributed by atoms with Crippen molar-refractivity contribution in [2.24, 2.45) is 0 Å². The number of hydrogen-bond donors (Lipinski definition) is 3. The van der Waals surface area contributed by atoms with Crippen LogP contribution in [0.15, 0.2) is 53.4 Å². The van der Waals surface area contributed by atoms with Gasteiger partial charge >= 0.3 is 0 Å². The molecule has 1 aliphatic heterocycles. The molecule has 3 rings (SSSR count). The van der Waals surface area contributed by atoms with Gasteiger partial charge < -0.3 is 20.1 Å². The Bertz CT molecular complexity index is 924. The number of benzene rings is 2. The third kappa shape index (κ3) is 5.77. The lowest BCUT2D eigenvalue weighted by atomic mass is 10.1. The van der Waals surface area contributed by atoms with Crippen molar-refractivity contribution in [2.45, 2.75) is 17.9 Å². The number of aliphatic hydroxyl groups is 1. The van der Waals surface area contributed by atoms with E-state index in [1.807, 2.05) is 12.1 Å². The molecule has 0 radical (unpaired) electrons. The van der Waals surface area contributed by atoms with Gasteiger partial charge in [0.05, 0.1) is 24.2 Å². The second-order valence-corrected chi connectivity index (χ2v) is 8.53. The highest BCUT2D eigenvalue weighted by molar-refractivity contribution is 7.89. The van der Waals surface area contributed by atoms with Gasteiger partial charge in [-0.25, -0.2) is 13.1 Å². The predicted octanol–water partition coefficient (Wildman–Crippen LogP) is 1.49. The number of rotatable bonds is 7. The van der Waals surface area contributed by atoms with Crippen LogP contribution in [0, 0.1) is 0 Å². The van der Waals surface area contributed by atoms with Crippen molar-refractivity contribution in [1.82, 2.24) is 4.72 Å². The van der Waals surface area contributed by atoms with E-state index in [9.17, 15) is 18.3 Å². The normalized spacial score (nSPS) is 15.7. The van der Waals surface area contributed by atoms with Crippen LogP contribution in [-0.4, -0.2) is 52.3 Å². The molecule has 0 saturated carbocycles. The van der Waals surface area contributed by atoms with Gasteiger partial charge in [-0.05, 0) is 42.0 Å². The lowest BCUT2D eigenvalue weighted by Crippen LogP contribution is -2.36. The number of carbonyl (C=O) groups is 1. The fraction of sp³-hybridized carbons (Fsp3) is 0.350. The average Bonchev–Trinajstić information content (AvgIpc) is 2.73. The summed E-state index contributed by atoms with van der Waals surface area (Å²) in [5.41, 5.74) is 2.19. The molecule has 156 valence electrons. The van der Waals surface area contributed by atoms with Crippen LogP contribution in [0.25, 0.3) is 0 Å². The number of nitrogens with one attached hydrogen (secondary N) is 2. The molecule has 0 bridgehead atoms. The number of hydrogen-bond acceptors (Lipinski definition) is 6. The topological polar surface area (TPSA) is 108 Å². The molecule has 0 aliphatic carbocycles. The van der Waals surface area contributed by atoms with Gasteiger partial charge in [-0.1, -0.05) is 12.1 Å². The Morgan fingerprint density at radius 2 is 1.72 bits per heavy atom. The highest BCUT2D eigenvalue weighted by atomic mass is 32.2. The smallest absolute Gasteiger partial charge is 0.240 e. The second kappa shape index (κ2) is 9.36. The van der Waals surface area contributed by atoms with Gasteiger partial charge in [0, 0.05) is 37.9 Å². The third-order valence-electron chi connectivity index (χ3n) is 4.61. The summed E-state index contributed by atoms with van der Waals surface area (Å²) in [6.07, 6.45) is -0.970. The number of sulfonamides is 1. The average molecular weight is 420 g/mol. The molecule has 1 amide bonds. The molecule has 1 saturated heterocycles. The molecule has 0 aromatic heterocycles. The Labute approximate surface area is 170 Å². The van der Waals surface area contributed by atoms with E-state index < -0.39 is 16.1 Å². The predicted molar refractivity (Wildman–Crippen MR) is 110 cm³/mol. The zero-order chi connectivity index (χ0) is 20.9. The standard InChI is InChI=1S/C20H25N3O5S/c1-15(24)22-17-4-8-19(9-5-17)29(26,27)21-14-20(25)16-2-6-18(7-3-16)23-10-12-28-13-11-23/h2-9,20-21,25H,10-14H2,1H3,(H,22,24). The molecule has 3 N–H and O–H groups in total. The summed E-state index contributed by atoms with van der Waals surface area (Å²) in [7, 11) is -3.78. The molecular formula is C20H25N3O5S. The van der Waals surface area contributed by atoms with Gasteiger partial charge in [-0.2, -0.15) is 0 Å². The van der Waals surface area contributed by atoms with Crippen molar-refractivity contribution < 1.29 is 23.1 Å². The van der Waals surface area contributed by atoms with Gasteiger partial charge in [0.15, 0.2) is 0 Å². The monoisotopic (exact) mass is 419 g/mol. The Balaban J connectivity index is 1.58. The first-order valence-corrected chi connectivity index (χ1v) is 10.8. The maximum absolute atomic E-state index is 12.4. The Morgan fingerprint density at radius 1 is 1.10 bits per heavy atom. The zero-order valence-electron chi connectivity index (χ0n) is 16.2. The maximum atomic E-state index is 12.4. The van der Waals surface area contributed by atoms with Gasteiger partial charge in [-0.3, -0.25) is 4.79 Å². The van der Waals surface area contributed by atoms with Crippen LogP contribution in [0.4, 0.5) is 11.4 Å². The van der Waals surface area contributed by atoms with E-state index >= 15 is 0 Å². The number of ether oxygens (including phenoxy) is 1. The quantitative estimate of drug-likeness (QED) is 0.628. The Kier molecular flexibility index (Phi) is 6.86. The fourth-order valence-electron chi connectivity index (χ4n) is 3.04. The van der Waals surface area contributed by atoms with Gasteiger partial charge in [0.1, 0.15) is 0 Å². The van der Waals surface area contributed by atoms with Crippen molar-refractivity contribution in [1.29, 1.82) is 0 Å². The lowest BCUT2D eigenvalue weighted by Gasteiger charge is -2.29. The van der Waals surface area contributed by atoms with Crippen LogP contribution >= 0.6 is 0 Å². The van der Waals surface area contributed by atoms with Crippen molar-refractivity contribution in [3.63, 3.8) is 0 Å². The van der Waals surface area contributed by atoms with Crippen LogP contribution in [-0.2, 0) is 19.6 Å². The van der Waals surface area contributed by atoms with E-state index in [4.69, 9.17) is 4.74 Å². The van der Waals surface area contributed by atoms with Crippen LogP contribution < -0.4 is 14.9 Å². The summed E-state index contributed by atoms with van der Waals surface area (Å²) < 4.78 is 32.6.